The third kappa shape index (κ3) is 3.41. The number of quaternary nitrogens is 1. The van der Waals surface area contributed by atoms with Crippen LogP contribution in [-0.4, -0.2) is 25.5 Å². The van der Waals surface area contributed by atoms with Crippen LogP contribution in [0.4, 0.5) is 11.4 Å². The standard InChI is InChI=1S/C23H28N2O/c1-17-13-18(2)15-24(14-17)16-23(26)25-21-9-5-3-7-19(21)11-12-20-8-4-6-10-22(20)25/h3-10,17-18H,11-16H2,1-2H3/p+1/t17-,18-/m0/s1. The second-order valence-corrected chi connectivity index (χ2v) is 8.27. The van der Waals surface area contributed by atoms with Gasteiger partial charge in [-0.2, -0.15) is 0 Å². The van der Waals surface area contributed by atoms with Gasteiger partial charge in [0, 0.05) is 11.8 Å². The van der Waals surface area contributed by atoms with Crippen LogP contribution >= 0.6 is 0 Å². The lowest BCUT2D eigenvalue weighted by atomic mass is 9.92. The topological polar surface area (TPSA) is 24.8 Å². The first-order chi connectivity index (χ1) is 12.6. The van der Waals surface area contributed by atoms with Crippen LogP contribution in [0.5, 0.6) is 0 Å². The molecule has 0 aliphatic carbocycles. The lowest BCUT2D eigenvalue weighted by Crippen LogP contribution is -3.15. The zero-order valence-corrected chi connectivity index (χ0v) is 15.9. The van der Waals surface area contributed by atoms with E-state index in [1.54, 1.807) is 0 Å². The van der Waals surface area contributed by atoms with Gasteiger partial charge in [0.15, 0.2) is 6.54 Å². The van der Waals surface area contributed by atoms with E-state index in [0.29, 0.717) is 18.4 Å². The van der Waals surface area contributed by atoms with Gasteiger partial charge >= 0.3 is 0 Å². The molecule has 2 heterocycles. The number of nitrogens with zero attached hydrogens (tertiary/aromatic N) is 1. The number of carbonyl (C=O) groups excluding carboxylic acids is 1. The van der Waals surface area contributed by atoms with Crippen molar-refractivity contribution >= 4 is 17.3 Å². The molecule has 2 aliphatic heterocycles. The van der Waals surface area contributed by atoms with Crippen LogP contribution in [0.15, 0.2) is 48.5 Å². The number of benzene rings is 2. The summed E-state index contributed by atoms with van der Waals surface area (Å²) in [6.07, 6.45) is 3.26. The number of para-hydroxylation sites is 2. The number of piperidine rings is 1. The third-order valence-electron chi connectivity index (χ3n) is 5.86. The quantitative estimate of drug-likeness (QED) is 0.886. The van der Waals surface area contributed by atoms with Crippen LogP contribution < -0.4 is 9.80 Å². The first-order valence-electron chi connectivity index (χ1n) is 9.94. The van der Waals surface area contributed by atoms with Crippen molar-refractivity contribution in [2.45, 2.75) is 33.1 Å². The molecular formula is C23H29N2O+. The first kappa shape index (κ1) is 17.3. The number of rotatable bonds is 2. The number of likely N-dealkylation sites (tertiary alicyclic amines) is 1. The van der Waals surface area contributed by atoms with Crippen molar-refractivity contribution in [1.29, 1.82) is 0 Å². The molecule has 3 nitrogen and oxygen atoms in total. The SMILES string of the molecule is C[C@H]1C[C@H](C)C[NH+](CC(=O)N2c3ccccc3CCc3ccccc32)C1. The Hall–Kier alpha value is -2.13. The molecule has 1 amide bonds. The lowest BCUT2D eigenvalue weighted by molar-refractivity contribution is -0.904. The fourth-order valence-electron chi connectivity index (χ4n) is 4.91. The number of nitrogens with one attached hydrogen (secondary N) is 1. The summed E-state index contributed by atoms with van der Waals surface area (Å²) in [6, 6.07) is 16.8. The second kappa shape index (κ2) is 7.24. The average Bonchev–Trinajstić information content (AvgIpc) is 2.77. The smallest absolute Gasteiger partial charge is 0.286 e. The molecule has 0 unspecified atom stereocenters. The zero-order chi connectivity index (χ0) is 18.1. The van der Waals surface area contributed by atoms with Crippen molar-refractivity contribution in [1.82, 2.24) is 0 Å². The monoisotopic (exact) mass is 349 g/mol. The van der Waals surface area contributed by atoms with Crippen molar-refractivity contribution in [3.8, 4) is 0 Å². The Balaban J connectivity index is 1.67. The number of hydrogen-bond acceptors (Lipinski definition) is 1. The van der Waals surface area contributed by atoms with E-state index >= 15 is 0 Å². The van der Waals surface area contributed by atoms with Crippen LogP contribution in [0.2, 0.25) is 0 Å². The van der Waals surface area contributed by atoms with Gasteiger partial charge in [-0.25, -0.2) is 0 Å². The van der Waals surface area contributed by atoms with E-state index < -0.39 is 0 Å². The molecule has 2 aliphatic rings. The molecule has 1 saturated heterocycles. The molecule has 2 aromatic carbocycles. The number of amides is 1. The van der Waals surface area contributed by atoms with Crippen molar-refractivity contribution in [2.24, 2.45) is 11.8 Å². The summed E-state index contributed by atoms with van der Waals surface area (Å²) in [5.74, 6) is 1.62. The molecule has 0 bridgehead atoms. The Morgan fingerprint density at radius 1 is 0.923 bits per heavy atom. The van der Waals surface area contributed by atoms with Crippen LogP contribution in [-0.2, 0) is 17.6 Å². The van der Waals surface area contributed by atoms with Gasteiger partial charge in [0.05, 0.1) is 24.5 Å². The predicted octanol–water partition coefficient (Wildman–Crippen LogP) is 3.01. The molecule has 3 heteroatoms. The Morgan fingerprint density at radius 2 is 1.42 bits per heavy atom. The summed E-state index contributed by atoms with van der Waals surface area (Å²) in [4.78, 5) is 16.9. The van der Waals surface area contributed by atoms with Gasteiger partial charge in [0.1, 0.15) is 0 Å². The van der Waals surface area contributed by atoms with Gasteiger partial charge < -0.3 is 4.90 Å². The van der Waals surface area contributed by atoms with Crippen LogP contribution in [0, 0.1) is 11.8 Å². The largest absolute Gasteiger partial charge is 0.327 e. The minimum Gasteiger partial charge on any atom is -0.327 e. The maximum absolute atomic E-state index is 13.5. The van der Waals surface area contributed by atoms with Crippen molar-refractivity contribution < 1.29 is 9.69 Å². The molecule has 0 radical (unpaired) electrons. The Morgan fingerprint density at radius 3 is 1.96 bits per heavy atom. The number of anilines is 2. The average molecular weight is 349 g/mol. The maximum Gasteiger partial charge on any atom is 0.286 e. The first-order valence-corrected chi connectivity index (χ1v) is 9.94. The van der Waals surface area contributed by atoms with Crippen LogP contribution in [0.25, 0.3) is 0 Å². The summed E-state index contributed by atoms with van der Waals surface area (Å²) in [5, 5.41) is 0. The molecule has 26 heavy (non-hydrogen) atoms. The molecule has 0 spiro atoms. The highest BCUT2D eigenvalue weighted by Crippen LogP contribution is 2.35. The predicted molar refractivity (Wildman–Crippen MR) is 106 cm³/mol. The molecule has 0 aromatic heterocycles. The molecule has 0 saturated carbocycles. The highest BCUT2D eigenvalue weighted by atomic mass is 16.2. The lowest BCUT2D eigenvalue weighted by Gasteiger charge is -2.33. The maximum atomic E-state index is 13.5. The summed E-state index contributed by atoms with van der Waals surface area (Å²) in [7, 11) is 0. The van der Waals surface area contributed by atoms with E-state index in [1.807, 2.05) is 17.0 Å². The van der Waals surface area contributed by atoms with Gasteiger partial charge in [0.25, 0.3) is 5.91 Å². The molecule has 1 fully saturated rings. The van der Waals surface area contributed by atoms with Gasteiger partial charge in [-0.15, -0.1) is 0 Å². The molecular weight excluding hydrogens is 320 g/mol. The minimum atomic E-state index is 0.225. The number of carbonyl (C=O) groups is 1. The van der Waals surface area contributed by atoms with E-state index in [2.05, 4.69) is 50.2 Å². The Labute approximate surface area is 156 Å². The van der Waals surface area contributed by atoms with Crippen molar-refractivity contribution in [3.63, 3.8) is 0 Å². The van der Waals surface area contributed by atoms with Crippen LogP contribution in [0.3, 0.4) is 0 Å². The van der Waals surface area contributed by atoms with Gasteiger partial charge in [-0.05, 0) is 42.5 Å². The molecule has 2 aromatic rings. The molecule has 4 rings (SSSR count). The van der Waals surface area contributed by atoms with Gasteiger partial charge in [-0.3, -0.25) is 9.69 Å². The summed E-state index contributed by atoms with van der Waals surface area (Å²) < 4.78 is 0. The second-order valence-electron chi connectivity index (χ2n) is 8.27. The number of hydrogen-bond donors (Lipinski definition) is 1. The van der Waals surface area contributed by atoms with Crippen molar-refractivity contribution in [2.75, 3.05) is 24.5 Å². The van der Waals surface area contributed by atoms with E-state index in [1.165, 1.54) is 22.4 Å². The molecule has 2 atom stereocenters. The summed E-state index contributed by atoms with van der Waals surface area (Å²) >= 11 is 0. The molecule has 136 valence electrons. The fraction of sp³-hybridized carbons (Fsp3) is 0.435. The Kier molecular flexibility index (Phi) is 4.82. The number of fused-ring (bicyclic) bond motifs is 2. The number of aryl methyl sites for hydroxylation is 2. The van der Waals surface area contributed by atoms with Crippen LogP contribution in [0.1, 0.15) is 31.4 Å². The fourth-order valence-corrected chi connectivity index (χ4v) is 4.91. The highest BCUT2D eigenvalue weighted by Gasteiger charge is 2.31. The van der Waals surface area contributed by atoms with Crippen molar-refractivity contribution in [3.05, 3.63) is 59.7 Å². The van der Waals surface area contributed by atoms with E-state index in [0.717, 1.165) is 37.3 Å². The minimum absolute atomic E-state index is 0.225. The zero-order valence-electron chi connectivity index (χ0n) is 15.9. The van der Waals surface area contributed by atoms with E-state index in [-0.39, 0.29) is 5.91 Å². The summed E-state index contributed by atoms with van der Waals surface area (Å²) in [5.41, 5.74) is 4.68. The van der Waals surface area contributed by atoms with Gasteiger partial charge in [0.2, 0.25) is 0 Å². The summed E-state index contributed by atoms with van der Waals surface area (Å²) in [6.45, 7) is 7.42. The van der Waals surface area contributed by atoms with E-state index in [9.17, 15) is 4.79 Å². The third-order valence-corrected chi connectivity index (χ3v) is 5.86. The molecule has 1 N–H and O–H groups in total. The Bertz CT molecular complexity index is 743. The van der Waals surface area contributed by atoms with Gasteiger partial charge in [-0.1, -0.05) is 50.2 Å². The normalized spacial score (nSPS) is 25.2. The van der Waals surface area contributed by atoms with E-state index in [4.69, 9.17) is 0 Å². The highest BCUT2D eigenvalue weighted by molar-refractivity contribution is 6.02.